The largest absolute Gasteiger partial charge is 0.488 e. The molecule has 1 aliphatic rings. The summed E-state index contributed by atoms with van der Waals surface area (Å²) in [4.78, 5) is 0. The molecule has 0 amide bonds. The second kappa shape index (κ2) is 5.04. The number of halogens is 1. The van der Waals surface area contributed by atoms with Crippen LogP contribution in [-0.4, -0.2) is 12.6 Å². The van der Waals surface area contributed by atoms with Crippen molar-refractivity contribution < 1.29 is 9.15 Å². The van der Waals surface area contributed by atoms with Gasteiger partial charge in [-0.1, -0.05) is 11.6 Å². The predicted molar refractivity (Wildman–Crippen MR) is 70.0 cm³/mol. The van der Waals surface area contributed by atoms with E-state index in [2.05, 4.69) is 5.32 Å². The number of ether oxygens (including phenoxy) is 1. The highest BCUT2D eigenvalue weighted by Gasteiger charge is 2.22. The van der Waals surface area contributed by atoms with Crippen molar-refractivity contribution in [1.82, 2.24) is 5.32 Å². The maximum absolute atomic E-state index is 5.96. The number of rotatable bonds is 4. The van der Waals surface area contributed by atoms with Crippen molar-refractivity contribution in [3.05, 3.63) is 52.9 Å². The van der Waals surface area contributed by atoms with Crippen LogP contribution in [0.4, 0.5) is 0 Å². The van der Waals surface area contributed by atoms with E-state index < -0.39 is 0 Å². The van der Waals surface area contributed by atoms with Crippen molar-refractivity contribution in [2.45, 2.75) is 19.1 Å². The fraction of sp³-hybridized carbons (Fsp3) is 0.286. The van der Waals surface area contributed by atoms with Crippen LogP contribution in [0.3, 0.4) is 0 Å². The number of furan rings is 1. The first-order valence-electron chi connectivity index (χ1n) is 5.98. The maximum atomic E-state index is 5.96. The molecule has 3 rings (SSSR count). The lowest BCUT2D eigenvalue weighted by atomic mass is 10.1. The summed E-state index contributed by atoms with van der Waals surface area (Å²) in [6.07, 6.45) is 4.53. The molecule has 0 radical (unpaired) electrons. The monoisotopic (exact) mass is 263 g/mol. The molecule has 0 bridgehead atoms. The molecular weight excluding hydrogens is 250 g/mol. The van der Waals surface area contributed by atoms with Crippen molar-refractivity contribution in [3.63, 3.8) is 0 Å². The van der Waals surface area contributed by atoms with E-state index >= 15 is 0 Å². The number of nitrogens with one attached hydrogen (secondary N) is 1. The lowest BCUT2D eigenvalue weighted by Crippen LogP contribution is -2.29. The van der Waals surface area contributed by atoms with Crippen molar-refractivity contribution >= 4 is 11.6 Å². The summed E-state index contributed by atoms with van der Waals surface area (Å²) in [6.45, 7) is 1.62. The van der Waals surface area contributed by atoms with Gasteiger partial charge in [0.05, 0.1) is 12.5 Å². The first kappa shape index (κ1) is 11.6. The van der Waals surface area contributed by atoms with Gasteiger partial charge < -0.3 is 14.5 Å². The van der Waals surface area contributed by atoms with Crippen LogP contribution in [-0.2, 0) is 13.0 Å². The Balaban J connectivity index is 1.52. The molecule has 1 atom stereocenters. The van der Waals surface area contributed by atoms with Gasteiger partial charge in [-0.05, 0) is 29.8 Å². The number of benzene rings is 1. The van der Waals surface area contributed by atoms with E-state index in [9.17, 15) is 0 Å². The molecule has 0 fully saturated rings. The van der Waals surface area contributed by atoms with E-state index in [1.165, 1.54) is 5.56 Å². The molecule has 0 aliphatic carbocycles. The Morgan fingerprint density at radius 1 is 1.33 bits per heavy atom. The molecule has 94 valence electrons. The van der Waals surface area contributed by atoms with Gasteiger partial charge in [-0.2, -0.15) is 0 Å². The van der Waals surface area contributed by atoms with Crippen LogP contribution in [0.25, 0.3) is 0 Å². The highest BCUT2D eigenvalue weighted by Crippen LogP contribution is 2.30. The van der Waals surface area contributed by atoms with Gasteiger partial charge in [0.15, 0.2) is 0 Å². The Bertz CT molecular complexity index is 525. The van der Waals surface area contributed by atoms with Gasteiger partial charge in [-0.25, -0.2) is 0 Å². The number of fused-ring (bicyclic) bond motifs is 1. The zero-order chi connectivity index (χ0) is 12.4. The molecule has 2 aromatic rings. The highest BCUT2D eigenvalue weighted by molar-refractivity contribution is 6.30. The third-order valence-electron chi connectivity index (χ3n) is 3.04. The van der Waals surface area contributed by atoms with Crippen LogP contribution in [0.5, 0.6) is 5.75 Å². The molecule has 1 aromatic carbocycles. The van der Waals surface area contributed by atoms with Crippen molar-refractivity contribution in [1.29, 1.82) is 0 Å². The Hall–Kier alpha value is -1.45. The summed E-state index contributed by atoms with van der Waals surface area (Å²) in [5.74, 6) is 0.953. The second-order valence-corrected chi connectivity index (χ2v) is 4.89. The summed E-state index contributed by atoms with van der Waals surface area (Å²) in [7, 11) is 0. The van der Waals surface area contributed by atoms with E-state index in [4.69, 9.17) is 20.8 Å². The molecule has 2 heterocycles. The van der Waals surface area contributed by atoms with Gasteiger partial charge in [-0.3, -0.25) is 0 Å². The van der Waals surface area contributed by atoms with Crippen LogP contribution in [0.2, 0.25) is 5.02 Å². The minimum atomic E-state index is 0.186. The van der Waals surface area contributed by atoms with Gasteiger partial charge in [0, 0.05) is 30.1 Å². The lowest BCUT2D eigenvalue weighted by molar-refractivity contribution is 0.227. The topological polar surface area (TPSA) is 34.4 Å². The smallest absolute Gasteiger partial charge is 0.123 e. The third-order valence-corrected chi connectivity index (χ3v) is 3.28. The molecular formula is C14H14ClNO2. The van der Waals surface area contributed by atoms with Crippen LogP contribution in [0, 0.1) is 0 Å². The fourth-order valence-electron chi connectivity index (χ4n) is 2.17. The lowest BCUT2D eigenvalue weighted by Gasteiger charge is -2.11. The Kier molecular flexibility index (Phi) is 3.26. The van der Waals surface area contributed by atoms with Gasteiger partial charge in [0.1, 0.15) is 11.9 Å². The highest BCUT2D eigenvalue weighted by atomic mass is 35.5. The SMILES string of the molecule is Clc1ccc2c(c1)CC(CNCc1ccoc1)O2. The third kappa shape index (κ3) is 2.52. The van der Waals surface area contributed by atoms with E-state index in [0.717, 1.165) is 35.8 Å². The van der Waals surface area contributed by atoms with Crippen LogP contribution < -0.4 is 10.1 Å². The molecule has 1 aliphatic heterocycles. The molecule has 0 saturated heterocycles. The van der Waals surface area contributed by atoms with Crippen LogP contribution >= 0.6 is 11.6 Å². The average Bonchev–Trinajstić information content (AvgIpc) is 2.97. The second-order valence-electron chi connectivity index (χ2n) is 4.46. The first-order valence-corrected chi connectivity index (χ1v) is 6.36. The zero-order valence-electron chi connectivity index (χ0n) is 9.86. The minimum absolute atomic E-state index is 0.186. The molecule has 3 nitrogen and oxygen atoms in total. The van der Waals surface area contributed by atoms with E-state index in [0.29, 0.717) is 0 Å². The predicted octanol–water partition coefficient (Wildman–Crippen LogP) is 3.03. The fourth-order valence-corrected chi connectivity index (χ4v) is 2.37. The normalized spacial score (nSPS) is 17.5. The molecule has 0 saturated carbocycles. The summed E-state index contributed by atoms with van der Waals surface area (Å²) in [6, 6.07) is 7.74. The van der Waals surface area contributed by atoms with Crippen molar-refractivity contribution in [3.8, 4) is 5.75 Å². The Morgan fingerprint density at radius 3 is 3.11 bits per heavy atom. The standard InChI is InChI=1S/C14H14ClNO2/c15-12-1-2-14-11(5-12)6-13(18-14)8-16-7-10-3-4-17-9-10/h1-5,9,13,16H,6-8H2. The summed E-state index contributed by atoms with van der Waals surface area (Å²) in [5, 5.41) is 4.13. The Labute approximate surface area is 111 Å². The van der Waals surface area contributed by atoms with Crippen molar-refractivity contribution in [2.75, 3.05) is 6.54 Å². The van der Waals surface area contributed by atoms with Gasteiger partial charge >= 0.3 is 0 Å². The van der Waals surface area contributed by atoms with E-state index in [-0.39, 0.29) is 6.10 Å². The molecule has 4 heteroatoms. The quantitative estimate of drug-likeness (QED) is 0.921. The molecule has 1 N–H and O–H groups in total. The van der Waals surface area contributed by atoms with Crippen molar-refractivity contribution in [2.24, 2.45) is 0 Å². The Morgan fingerprint density at radius 2 is 2.28 bits per heavy atom. The summed E-state index contributed by atoms with van der Waals surface area (Å²) >= 11 is 5.96. The molecule has 1 aromatic heterocycles. The van der Waals surface area contributed by atoms with Crippen LogP contribution in [0.15, 0.2) is 41.2 Å². The summed E-state index contributed by atoms with van der Waals surface area (Å²) in [5.41, 5.74) is 2.34. The van der Waals surface area contributed by atoms with Gasteiger partial charge in [0.25, 0.3) is 0 Å². The van der Waals surface area contributed by atoms with E-state index in [1.807, 2.05) is 24.3 Å². The van der Waals surface area contributed by atoms with Crippen LogP contribution in [0.1, 0.15) is 11.1 Å². The molecule has 0 spiro atoms. The summed E-state index contributed by atoms with van der Waals surface area (Å²) < 4.78 is 10.9. The molecule has 18 heavy (non-hydrogen) atoms. The zero-order valence-corrected chi connectivity index (χ0v) is 10.6. The number of hydrogen-bond donors (Lipinski definition) is 1. The molecule has 1 unspecified atom stereocenters. The minimum Gasteiger partial charge on any atom is -0.488 e. The number of hydrogen-bond acceptors (Lipinski definition) is 3. The van der Waals surface area contributed by atoms with Gasteiger partial charge in [0.2, 0.25) is 0 Å². The van der Waals surface area contributed by atoms with E-state index in [1.54, 1.807) is 12.5 Å². The van der Waals surface area contributed by atoms with Gasteiger partial charge in [-0.15, -0.1) is 0 Å². The maximum Gasteiger partial charge on any atom is 0.123 e. The average molecular weight is 264 g/mol. The first-order chi connectivity index (χ1) is 8.81.